The van der Waals surface area contributed by atoms with Gasteiger partial charge in [-0.05, 0) is 36.4 Å². The molecule has 0 radical (unpaired) electrons. The highest BCUT2D eigenvalue weighted by Crippen LogP contribution is 2.36. The van der Waals surface area contributed by atoms with Gasteiger partial charge in [0.1, 0.15) is 17.4 Å². The molecule has 1 amide bonds. The summed E-state index contributed by atoms with van der Waals surface area (Å²) < 4.78 is 20.4. The van der Waals surface area contributed by atoms with E-state index in [0.717, 1.165) is 22.8 Å². The predicted octanol–water partition coefficient (Wildman–Crippen LogP) is 3.78. The van der Waals surface area contributed by atoms with Crippen LogP contribution in [0.3, 0.4) is 0 Å². The van der Waals surface area contributed by atoms with Crippen LogP contribution in [-0.2, 0) is 16.3 Å². The summed E-state index contributed by atoms with van der Waals surface area (Å²) in [6.45, 7) is -0.0967. The second-order valence-electron chi connectivity index (χ2n) is 5.80. The molecule has 5 nitrogen and oxygen atoms in total. The van der Waals surface area contributed by atoms with Crippen LogP contribution in [0.4, 0.5) is 10.2 Å². The number of hydrogen-bond acceptors (Lipinski definition) is 4. The largest absolute Gasteiger partial charge is 0.484 e. The maximum atomic E-state index is 13.2. The number of carbonyl (C=O) groups excluding carboxylic acids is 1. The molecular formula is C19H16FN3O2S. The zero-order chi connectivity index (χ0) is 17.9. The maximum Gasteiger partial charge on any atom is 0.263 e. The van der Waals surface area contributed by atoms with Gasteiger partial charge in [-0.15, -0.1) is 0 Å². The third-order valence-electron chi connectivity index (χ3n) is 3.99. The molecule has 0 spiro atoms. The zero-order valence-corrected chi connectivity index (χ0v) is 14.6. The fourth-order valence-electron chi connectivity index (χ4n) is 2.74. The van der Waals surface area contributed by atoms with Gasteiger partial charge in [-0.3, -0.25) is 4.79 Å². The first-order chi connectivity index (χ1) is 12.7. The van der Waals surface area contributed by atoms with Gasteiger partial charge >= 0.3 is 0 Å². The number of thioether (sulfide) groups is 1. The number of fused-ring (bicyclic) bond motifs is 1. The van der Waals surface area contributed by atoms with Crippen molar-refractivity contribution < 1.29 is 13.9 Å². The fourth-order valence-corrected chi connectivity index (χ4v) is 3.78. The molecule has 0 aliphatic carbocycles. The highest BCUT2D eigenvalue weighted by Gasteiger charge is 2.24. The third kappa shape index (κ3) is 3.43. The quantitative estimate of drug-likeness (QED) is 0.744. The highest BCUT2D eigenvalue weighted by molar-refractivity contribution is 7.98. The molecule has 132 valence electrons. The lowest BCUT2D eigenvalue weighted by molar-refractivity contribution is -0.118. The molecule has 1 aromatic heterocycles. The maximum absolute atomic E-state index is 13.2. The summed E-state index contributed by atoms with van der Waals surface area (Å²) in [5, 5.41) is 7.48. The Morgan fingerprint density at radius 3 is 2.69 bits per heavy atom. The van der Waals surface area contributed by atoms with E-state index in [0.29, 0.717) is 17.3 Å². The second-order valence-corrected chi connectivity index (χ2v) is 6.79. The van der Waals surface area contributed by atoms with E-state index >= 15 is 0 Å². The summed E-state index contributed by atoms with van der Waals surface area (Å²) in [6.07, 6.45) is 0. The summed E-state index contributed by atoms with van der Waals surface area (Å²) in [7, 11) is 0. The molecule has 0 fully saturated rings. The minimum atomic E-state index is -0.314. The van der Waals surface area contributed by atoms with E-state index in [2.05, 4.69) is 10.4 Å². The third-order valence-corrected chi connectivity index (χ3v) is 4.96. The summed E-state index contributed by atoms with van der Waals surface area (Å²) in [5.41, 5.74) is 2.65. The number of amides is 1. The van der Waals surface area contributed by atoms with Crippen molar-refractivity contribution in [2.75, 3.05) is 11.9 Å². The van der Waals surface area contributed by atoms with E-state index in [1.165, 1.54) is 12.1 Å². The first-order valence-corrected chi connectivity index (χ1v) is 9.28. The Kier molecular flexibility index (Phi) is 4.62. The van der Waals surface area contributed by atoms with Crippen LogP contribution in [0.5, 0.6) is 5.75 Å². The number of aromatic nitrogens is 2. The minimum absolute atomic E-state index is 0.0967. The first kappa shape index (κ1) is 16.7. The molecule has 0 unspecified atom stereocenters. The Hall–Kier alpha value is -2.80. The number of benzene rings is 2. The van der Waals surface area contributed by atoms with Gasteiger partial charge in [0.2, 0.25) is 0 Å². The molecule has 1 N–H and O–H groups in total. The van der Waals surface area contributed by atoms with Gasteiger partial charge in [0.05, 0.1) is 11.4 Å². The molecule has 4 rings (SSSR count). The van der Waals surface area contributed by atoms with Crippen LogP contribution in [0.1, 0.15) is 11.3 Å². The van der Waals surface area contributed by atoms with Crippen LogP contribution < -0.4 is 10.1 Å². The monoisotopic (exact) mass is 369 g/mol. The van der Waals surface area contributed by atoms with Crippen LogP contribution in [0, 0.1) is 5.82 Å². The highest BCUT2D eigenvalue weighted by atomic mass is 32.2. The topological polar surface area (TPSA) is 56.1 Å². The number of nitrogens with one attached hydrogen (secondary N) is 1. The molecule has 0 bridgehead atoms. The van der Waals surface area contributed by atoms with Gasteiger partial charge in [-0.25, -0.2) is 9.07 Å². The van der Waals surface area contributed by atoms with Gasteiger partial charge in [0.25, 0.3) is 5.91 Å². The van der Waals surface area contributed by atoms with Gasteiger partial charge in [-0.2, -0.15) is 16.9 Å². The Balaban J connectivity index is 1.55. The van der Waals surface area contributed by atoms with Gasteiger partial charge in [-0.1, -0.05) is 18.2 Å². The standard InChI is InChI=1S/C19H16FN3O2S/c20-13-6-8-14(9-7-13)23-19(16-11-26-12-17(16)22-23)21-18(24)10-25-15-4-2-1-3-5-15/h1-9H,10-12H2,(H,21,24). The molecule has 1 aliphatic rings. The number of carbonyl (C=O) groups is 1. The van der Waals surface area contributed by atoms with Crippen molar-refractivity contribution >= 4 is 23.5 Å². The molecule has 1 aliphatic heterocycles. The number of para-hydroxylation sites is 1. The number of rotatable bonds is 5. The SMILES string of the molecule is O=C(COc1ccccc1)Nc1c2c(nn1-c1ccc(F)cc1)CSC2. The van der Waals surface area contributed by atoms with Gasteiger partial charge in [0.15, 0.2) is 6.61 Å². The van der Waals surface area contributed by atoms with E-state index in [4.69, 9.17) is 4.74 Å². The van der Waals surface area contributed by atoms with Crippen LogP contribution in [0.15, 0.2) is 54.6 Å². The molecule has 3 aromatic rings. The van der Waals surface area contributed by atoms with Crippen molar-refractivity contribution in [1.29, 1.82) is 0 Å². The van der Waals surface area contributed by atoms with Crippen molar-refractivity contribution in [3.8, 4) is 11.4 Å². The summed E-state index contributed by atoms with van der Waals surface area (Å²) in [5.74, 6) is 2.26. The Bertz CT molecular complexity index is 926. The van der Waals surface area contributed by atoms with Crippen LogP contribution in [0.25, 0.3) is 5.69 Å². The molecule has 26 heavy (non-hydrogen) atoms. The zero-order valence-electron chi connectivity index (χ0n) is 13.8. The van der Waals surface area contributed by atoms with Crippen LogP contribution in [-0.4, -0.2) is 22.3 Å². The first-order valence-electron chi connectivity index (χ1n) is 8.13. The minimum Gasteiger partial charge on any atom is -0.484 e. The van der Waals surface area contributed by atoms with E-state index in [9.17, 15) is 9.18 Å². The van der Waals surface area contributed by atoms with E-state index < -0.39 is 0 Å². The van der Waals surface area contributed by atoms with Crippen LogP contribution >= 0.6 is 11.8 Å². The van der Waals surface area contributed by atoms with E-state index in [1.54, 1.807) is 40.7 Å². The second kappa shape index (κ2) is 7.21. The average molecular weight is 369 g/mol. The number of halogens is 1. The predicted molar refractivity (Wildman–Crippen MR) is 99.1 cm³/mol. The smallest absolute Gasteiger partial charge is 0.263 e. The molecule has 0 saturated carbocycles. The van der Waals surface area contributed by atoms with Crippen molar-refractivity contribution in [2.45, 2.75) is 11.5 Å². The van der Waals surface area contributed by atoms with Crippen molar-refractivity contribution in [1.82, 2.24) is 9.78 Å². The molecule has 0 atom stereocenters. The normalized spacial score (nSPS) is 12.7. The molecule has 0 saturated heterocycles. The number of anilines is 1. The Morgan fingerprint density at radius 1 is 1.15 bits per heavy atom. The summed E-state index contributed by atoms with van der Waals surface area (Å²) in [6, 6.07) is 15.2. The molecule has 7 heteroatoms. The number of hydrogen-bond donors (Lipinski definition) is 1. The molecule has 2 aromatic carbocycles. The number of ether oxygens (including phenoxy) is 1. The lowest BCUT2D eigenvalue weighted by Crippen LogP contribution is -2.22. The molecule has 2 heterocycles. The van der Waals surface area contributed by atoms with Gasteiger partial charge in [0, 0.05) is 17.1 Å². The van der Waals surface area contributed by atoms with E-state index in [-0.39, 0.29) is 18.3 Å². The molecular weight excluding hydrogens is 353 g/mol. The Labute approximate surface area is 154 Å². The van der Waals surface area contributed by atoms with Gasteiger partial charge < -0.3 is 10.1 Å². The average Bonchev–Trinajstić information content (AvgIpc) is 3.24. The lowest BCUT2D eigenvalue weighted by atomic mass is 10.2. The lowest BCUT2D eigenvalue weighted by Gasteiger charge is -2.11. The Morgan fingerprint density at radius 2 is 1.92 bits per heavy atom. The van der Waals surface area contributed by atoms with Crippen molar-refractivity contribution in [3.05, 3.63) is 71.7 Å². The van der Waals surface area contributed by atoms with Crippen LogP contribution in [0.2, 0.25) is 0 Å². The number of nitrogens with zero attached hydrogens (tertiary/aromatic N) is 2. The van der Waals surface area contributed by atoms with Crippen molar-refractivity contribution in [2.24, 2.45) is 0 Å². The summed E-state index contributed by atoms with van der Waals surface area (Å²) in [4.78, 5) is 12.4. The van der Waals surface area contributed by atoms with E-state index in [1.807, 2.05) is 18.2 Å². The fraction of sp³-hybridized carbons (Fsp3) is 0.158. The van der Waals surface area contributed by atoms with Crippen molar-refractivity contribution in [3.63, 3.8) is 0 Å². The summed E-state index contributed by atoms with van der Waals surface area (Å²) >= 11 is 1.75.